The molecule has 0 unspecified atom stereocenters. The summed E-state index contributed by atoms with van der Waals surface area (Å²) in [5, 5.41) is 18.3. The average Bonchev–Trinajstić information content (AvgIpc) is 3.47. The molecule has 1 aromatic carbocycles. The van der Waals surface area contributed by atoms with Crippen molar-refractivity contribution in [3.05, 3.63) is 47.4 Å². The maximum Gasteiger partial charge on any atom is 0.329 e. The molecule has 2 aromatic heterocycles. The van der Waals surface area contributed by atoms with Crippen LogP contribution in [0.5, 0.6) is 0 Å². The summed E-state index contributed by atoms with van der Waals surface area (Å²) >= 11 is 0. The van der Waals surface area contributed by atoms with Gasteiger partial charge in [0.25, 0.3) is 0 Å². The van der Waals surface area contributed by atoms with Gasteiger partial charge in [-0.15, -0.1) is 0 Å². The van der Waals surface area contributed by atoms with Gasteiger partial charge in [0.15, 0.2) is 8.32 Å². The number of hydrogen-bond acceptors (Lipinski definition) is 9. The molecule has 1 radical (unpaired) electrons. The first kappa shape index (κ1) is 31.9. The molecule has 1 N–H and O–H groups in total. The fraction of sp³-hybridized carbons (Fsp3) is 0.531. The maximum absolute atomic E-state index is 11.6. The highest BCUT2D eigenvalue weighted by atomic mass is 28.4. The van der Waals surface area contributed by atoms with E-state index in [0.717, 1.165) is 67.0 Å². The number of carbonyl (C=O) groups is 1. The number of nitrogens with zero attached hydrogens (tertiary/aromatic N) is 6. The van der Waals surface area contributed by atoms with Crippen LogP contribution >= 0.6 is 0 Å². The molecule has 2 aliphatic heterocycles. The molecule has 2 aliphatic rings. The van der Waals surface area contributed by atoms with Crippen LogP contribution in [0.15, 0.2) is 30.6 Å². The summed E-state index contributed by atoms with van der Waals surface area (Å²) < 4.78 is 14.3. The van der Waals surface area contributed by atoms with E-state index < -0.39 is 13.7 Å². The van der Waals surface area contributed by atoms with Crippen LogP contribution in [0.4, 0.5) is 17.3 Å². The third-order valence-corrected chi connectivity index (χ3v) is 14.0. The van der Waals surface area contributed by atoms with Crippen molar-refractivity contribution in [3.63, 3.8) is 0 Å². The van der Waals surface area contributed by atoms with Crippen molar-refractivity contribution in [2.75, 3.05) is 36.5 Å². The Morgan fingerprint density at radius 1 is 1.30 bits per heavy atom. The van der Waals surface area contributed by atoms with Crippen molar-refractivity contribution < 1.29 is 14.0 Å². The van der Waals surface area contributed by atoms with Crippen molar-refractivity contribution in [1.29, 1.82) is 5.26 Å². The molecule has 10 nitrogen and oxygen atoms in total. The van der Waals surface area contributed by atoms with Crippen molar-refractivity contribution in [2.24, 2.45) is 5.92 Å². The van der Waals surface area contributed by atoms with Gasteiger partial charge in [-0.3, -0.25) is 4.68 Å². The molecule has 0 spiro atoms. The Morgan fingerprint density at radius 3 is 2.73 bits per heavy atom. The largest absolute Gasteiger partial charge is 0.416 e. The van der Waals surface area contributed by atoms with Crippen LogP contribution < -0.4 is 10.1 Å². The van der Waals surface area contributed by atoms with Gasteiger partial charge in [-0.25, -0.2) is 9.97 Å². The van der Waals surface area contributed by atoms with E-state index in [0.29, 0.717) is 36.3 Å². The molecule has 1 atom stereocenters. The molecule has 0 amide bonds. The highest BCUT2D eigenvalue weighted by molar-refractivity contribution is 6.74. The smallest absolute Gasteiger partial charge is 0.329 e. The molecule has 1 saturated heterocycles. The van der Waals surface area contributed by atoms with E-state index in [1.165, 1.54) is 7.41 Å². The van der Waals surface area contributed by atoms with Crippen LogP contribution in [0.2, 0.25) is 18.1 Å². The van der Waals surface area contributed by atoms with E-state index >= 15 is 0 Å². The number of nitriles is 1. The van der Waals surface area contributed by atoms with Crippen LogP contribution in [0.1, 0.15) is 57.4 Å². The summed E-state index contributed by atoms with van der Waals surface area (Å²) in [4.78, 5) is 22.8. The predicted octanol–water partition coefficient (Wildman–Crippen LogP) is 5.60. The molecule has 1 fully saturated rings. The Balaban J connectivity index is 1.44. The van der Waals surface area contributed by atoms with Gasteiger partial charge in [0.2, 0.25) is 5.95 Å². The molecule has 5 rings (SSSR count). The molecule has 0 aliphatic carbocycles. The van der Waals surface area contributed by atoms with Crippen LogP contribution in [-0.2, 0) is 25.9 Å². The SMILES string of the molecule is Cc1c(Nc2nccc(-c3cc(C#N)c4c(c3)[C@@](C)(CO[Si](C)(C)C(C)(C)C)CN4[B]C=O)n2)cnn1CC1CCOCC1. The summed E-state index contributed by atoms with van der Waals surface area (Å²) in [6.07, 6.45) is 6.41. The van der Waals surface area contributed by atoms with E-state index in [-0.39, 0.29) is 5.04 Å². The van der Waals surface area contributed by atoms with Gasteiger partial charge in [0.1, 0.15) is 12.3 Å². The number of anilines is 3. The first-order valence-electron chi connectivity index (χ1n) is 15.3. The lowest BCUT2D eigenvalue weighted by Gasteiger charge is -2.39. The second-order valence-electron chi connectivity index (χ2n) is 13.8. The number of hydrogen-bond donors (Lipinski definition) is 1. The third kappa shape index (κ3) is 6.46. The van der Waals surface area contributed by atoms with Crippen molar-refractivity contribution in [3.8, 4) is 17.3 Å². The van der Waals surface area contributed by atoms with Crippen LogP contribution in [0.25, 0.3) is 11.3 Å². The summed E-state index contributed by atoms with van der Waals surface area (Å²) in [6.45, 7) is 18.9. The first-order valence-corrected chi connectivity index (χ1v) is 18.2. The predicted molar refractivity (Wildman–Crippen MR) is 176 cm³/mol. The van der Waals surface area contributed by atoms with E-state index in [1.54, 1.807) is 6.20 Å². The number of carbonyl (C=O) groups excluding carboxylic acids is 1. The molecular weight excluding hydrogens is 569 g/mol. The molecule has 231 valence electrons. The Labute approximate surface area is 262 Å². The minimum atomic E-state index is -2.05. The molecule has 0 bridgehead atoms. The van der Waals surface area contributed by atoms with Crippen LogP contribution in [0.3, 0.4) is 0 Å². The number of nitrogens with one attached hydrogen (secondary N) is 1. The highest BCUT2D eigenvalue weighted by Crippen LogP contribution is 2.46. The number of rotatable bonds is 10. The lowest BCUT2D eigenvalue weighted by Crippen LogP contribution is -2.46. The summed E-state index contributed by atoms with van der Waals surface area (Å²) in [5.74, 6) is 1.01. The zero-order valence-corrected chi connectivity index (χ0v) is 28.0. The van der Waals surface area contributed by atoms with E-state index in [1.807, 2.05) is 34.7 Å². The monoisotopic (exact) mass is 612 g/mol. The molecule has 12 heteroatoms. The molecule has 44 heavy (non-hydrogen) atoms. The van der Waals surface area contributed by atoms with Crippen LogP contribution in [-0.4, -0.2) is 68.0 Å². The molecule has 3 aromatic rings. The topological polar surface area (TPSA) is 118 Å². The second-order valence-corrected chi connectivity index (χ2v) is 18.6. The number of fused-ring (bicyclic) bond motifs is 1. The Bertz CT molecular complexity index is 1560. The van der Waals surface area contributed by atoms with Gasteiger partial charge in [-0.2, -0.15) is 10.4 Å². The van der Waals surface area contributed by atoms with Crippen molar-refractivity contribution in [2.45, 2.75) is 77.6 Å². The van der Waals surface area contributed by atoms with Gasteiger partial charge in [0.05, 0.1) is 28.8 Å². The first-order chi connectivity index (χ1) is 20.8. The Hall–Kier alpha value is -3.53. The normalized spacial score (nSPS) is 19.0. The van der Waals surface area contributed by atoms with E-state index in [4.69, 9.17) is 14.1 Å². The fourth-order valence-corrected chi connectivity index (χ4v) is 6.80. The Morgan fingerprint density at radius 2 is 2.05 bits per heavy atom. The lowest BCUT2D eigenvalue weighted by atomic mass is 9.83. The number of benzene rings is 1. The standard InChI is InChI=1S/C32H43BN7O3Si/c1-22-28(17-36-40(22)18-23-9-12-42-13-10-23)38-30-35-11-8-27(37-30)24-14-25(16-34)29-26(15-24)32(5,19-39(29)33-21-41)20-43-44(6,7)31(2,3)4/h8,11,14-15,17,21,23H,9-10,12-13,18-20H2,1-7H3,(H,35,37,38)/t32-/m1/s1. The quantitative estimate of drug-likeness (QED) is 0.231. The van der Waals surface area contributed by atoms with Gasteiger partial charge >= 0.3 is 7.41 Å². The lowest BCUT2D eigenvalue weighted by molar-refractivity contribution is 0.0599. The van der Waals surface area contributed by atoms with Gasteiger partial charge in [0, 0.05) is 55.8 Å². The van der Waals surface area contributed by atoms with Gasteiger partial charge in [-0.1, -0.05) is 27.7 Å². The molecule has 4 heterocycles. The number of ether oxygens (including phenoxy) is 1. The summed E-state index contributed by atoms with van der Waals surface area (Å²) in [5.41, 5.74) is 5.17. The van der Waals surface area contributed by atoms with Crippen molar-refractivity contribution >= 4 is 39.2 Å². The third-order valence-electron chi connectivity index (χ3n) is 9.56. The molecule has 0 saturated carbocycles. The molecular formula is C32H43BN7O3Si. The minimum absolute atomic E-state index is 0.0586. The zero-order chi connectivity index (χ0) is 31.7. The van der Waals surface area contributed by atoms with Gasteiger partial charge < -0.3 is 24.1 Å². The van der Waals surface area contributed by atoms with Crippen LogP contribution in [0, 0.1) is 24.2 Å². The van der Waals surface area contributed by atoms with E-state index in [9.17, 15) is 10.1 Å². The van der Waals surface area contributed by atoms with Crippen molar-refractivity contribution in [1.82, 2.24) is 19.7 Å². The Kier molecular flexibility index (Phi) is 9.03. The summed E-state index contributed by atoms with van der Waals surface area (Å²) in [7, 11) is -0.538. The van der Waals surface area contributed by atoms with Gasteiger partial charge in [-0.05, 0) is 67.6 Å². The average molecular weight is 613 g/mol. The second kappa shape index (κ2) is 12.5. The summed E-state index contributed by atoms with van der Waals surface area (Å²) in [6, 6.07) is 8.15. The maximum atomic E-state index is 11.6. The number of aromatic nitrogens is 4. The fourth-order valence-electron chi connectivity index (χ4n) is 5.68. The van der Waals surface area contributed by atoms with E-state index in [2.05, 4.69) is 68.3 Å². The zero-order valence-electron chi connectivity index (χ0n) is 27.0. The minimum Gasteiger partial charge on any atom is -0.416 e. The highest BCUT2D eigenvalue weighted by Gasteiger charge is 2.44.